The predicted molar refractivity (Wildman–Crippen MR) is 153 cm³/mol. The summed E-state index contributed by atoms with van der Waals surface area (Å²) in [5.74, 6) is 0.613. The van der Waals surface area contributed by atoms with Gasteiger partial charge < -0.3 is 4.74 Å². The molecule has 4 heterocycles. The first-order valence-corrected chi connectivity index (χ1v) is 14.5. The molecule has 42 heavy (non-hydrogen) atoms. The van der Waals surface area contributed by atoms with E-state index in [9.17, 15) is 18.0 Å². The van der Waals surface area contributed by atoms with Crippen LogP contribution in [-0.4, -0.2) is 57.6 Å². The van der Waals surface area contributed by atoms with E-state index in [4.69, 9.17) is 4.74 Å². The molecule has 2 aliphatic heterocycles. The number of hydrogen-bond donors (Lipinski definition) is 0. The zero-order valence-electron chi connectivity index (χ0n) is 24.4. The van der Waals surface area contributed by atoms with Crippen molar-refractivity contribution < 1.29 is 22.5 Å². The van der Waals surface area contributed by atoms with Crippen LogP contribution in [0.4, 0.5) is 13.2 Å². The first-order chi connectivity index (χ1) is 20.0. The minimum atomic E-state index is -4.61. The fourth-order valence-corrected chi connectivity index (χ4v) is 6.96. The molecule has 2 fully saturated rings. The van der Waals surface area contributed by atoms with Crippen molar-refractivity contribution in [2.75, 3.05) is 27.2 Å². The second kappa shape index (κ2) is 10.8. The van der Waals surface area contributed by atoms with Gasteiger partial charge in [-0.1, -0.05) is 19.1 Å². The van der Waals surface area contributed by atoms with Gasteiger partial charge >= 0.3 is 24.4 Å². The van der Waals surface area contributed by atoms with Crippen LogP contribution in [0.25, 0.3) is 11.2 Å². The minimum Gasteiger partial charge on any atom is -0.379 e. The molecule has 3 aromatic rings. The number of hydrogen-bond acceptors (Lipinski definition) is 5. The van der Waals surface area contributed by atoms with Crippen LogP contribution >= 0.6 is 0 Å². The largest absolute Gasteiger partial charge is 0.418 e. The highest BCUT2D eigenvalue weighted by Gasteiger charge is 2.50. The first-order valence-electron chi connectivity index (χ1n) is 14.5. The Hall–Kier alpha value is -3.31. The van der Waals surface area contributed by atoms with E-state index in [1.807, 2.05) is 29.8 Å². The van der Waals surface area contributed by atoms with Crippen molar-refractivity contribution in [3.8, 4) is 5.69 Å². The number of methoxy groups -OCH3 is 1. The normalized spacial score (nSPS) is 26.0. The third kappa shape index (κ3) is 5.32. The number of aromatic nitrogens is 2. The van der Waals surface area contributed by atoms with Crippen molar-refractivity contribution in [1.29, 1.82) is 0 Å². The Balaban J connectivity index is 1.40. The van der Waals surface area contributed by atoms with Gasteiger partial charge in [-0.2, -0.15) is 13.2 Å². The number of piperidine rings is 1. The van der Waals surface area contributed by atoms with Gasteiger partial charge in [0.15, 0.2) is 0 Å². The molecule has 2 atom stereocenters. The lowest BCUT2D eigenvalue weighted by Gasteiger charge is -2.47. The maximum absolute atomic E-state index is 14.3. The SMILES string of the molecule is COC1(C)CC([C@@H]([C]2N=NC=[N+]2C)c2cccc(-n3cc4c(C(F)(F)F)cc(CN5CCC[C@H](C)C5)cn4c3=O)c2)C1. The van der Waals surface area contributed by atoms with Crippen LogP contribution in [0, 0.1) is 18.0 Å². The van der Waals surface area contributed by atoms with Gasteiger partial charge in [0, 0.05) is 32.6 Å². The maximum atomic E-state index is 14.3. The van der Waals surface area contributed by atoms with Crippen LogP contribution in [0.3, 0.4) is 0 Å². The molecule has 0 unspecified atom stereocenters. The number of ether oxygens (including phenoxy) is 1. The second-order valence-electron chi connectivity index (χ2n) is 12.5. The monoisotopic (exact) mass is 582 g/mol. The van der Waals surface area contributed by atoms with E-state index in [-0.39, 0.29) is 23.0 Å². The van der Waals surface area contributed by atoms with Gasteiger partial charge in [-0.25, -0.2) is 9.37 Å². The highest BCUT2D eigenvalue weighted by atomic mass is 19.4. The van der Waals surface area contributed by atoms with Gasteiger partial charge in [0.25, 0.3) is 0 Å². The summed E-state index contributed by atoms with van der Waals surface area (Å²) >= 11 is 0. The lowest BCUT2D eigenvalue weighted by atomic mass is 9.63. The average Bonchev–Trinajstić information content (AvgIpc) is 3.50. The summed E-state index contributed by atoms with van der Waals surface area (Å²) in [4.78, 5) is 15.9. The molecule has 0 spiro atoms. The smallest absolute Gasteiger partial charge is 0.379 e. The summed E-state index contributed by atoms with van der Waals surface area (Å²) in [5, 5.41) is 8.48. The molecule has 0 N–H and O–H groups in total. The van der Waals surface area contributed by atoms with Crippen LogP contribution in [0.15, 0.2) is 57.7 Å². The van der Waals surface area contributed by atoms with Crippen LogP contribution in [0.2, 0.25) is 0 Å². The summed E-state index contributed by atoms with van der Waals surface area (Å²) < 4.78 is 53.0. The molecule has 6 rings (SSSR count). The van der Waals surface area contributed by atoms with Crippen LogP contribution in [0.5, 0.6) is 0 Å². The number of alkyl halides is 3. The fraction of sp³-hybridized carbons (Fsp3) is 0.516. The summed E-state index contributed by atoms with van der Waals surface area (Å²) in [6.07, 6.45) is 4.51. The van der Waals surface area contributed by atoms with E-state index < -0.39 is 17.4 Å². The van der Waals surface area contributed by atoms with Crippen molar-refractivity contribution in [3.05, 3.63) is 76.1 Å². The molecule has 0 bridgehead atoms. The van der Waals surface area contributed by atoms with Gasteiger partial charge in [-0.15, -0.1) is 0 Å². The zero-order chi connectivity index (χ0) is 29.8. The third-order valence-electron chi connectivity index (χ3n) is 9.16. The molecule has 0 amide bonds. The molecule has 8 nitrogen and oxygen atoms in total. The predicted octanol–water partition coefficient (Wildman–Crippen LogP) is 5.87. The van der Waals surface area contributed by atoms with Gasteiger partial charge in [0.05, 0.1) is 40.4 Å². The third-order valence-corrected chi connectivity index (χ3v) is 9.16. The number of benzene rings is 1. The van der Waals surface area contributed by atoms with E-state index in [1.54, 1.807) is 25.7 Å². The van der Waals surface area contributed by atoms with E-state index in [0.29, 0.717) is 23.7 Å². The summed E-state index contributed by atoms with van der Waals surface area (Å²) in [5.41, 5.74) is 0.189. The molecule has 1 saturated carbocycles. The number of imidazole rings is 1. The Morgan fingerprint density at radius 3 is 2.67 bits per heavy atom. The van der Waals surface area contributed by atoms with Crippen molar-refractivity contribution in [1.82, 2.24) is 13.9 Å². The number of halogens is 3. The number of likely N-dealkylation sites (N-methyl/N-ethyl adjacent to an activating group) is 1. The zero-order valence-corrected chi connectivity index (χ0v) is 24.4. The molecule has 223 valence electrons. The Morgan fingerprint density at radius 2 is 2.00 bits per heavy atom. The lowest BCUT2D eigenvalue weighted by Crippen LogP contribution is -2.46. The summed E-state index contributed by atoms with van der Waals surface area (Å²) in [6, 6.07) is 8.64. The molecular formula is C31H37F3N6O2+. The quantitative estimate of drug-likeness (QED) is 0.328. The molecule has 1 aromatic carbocycles. The lowest BCUT2D eigenvalue weighted by molar-refractivity contribution is -0.480. The molecular weight excluding hydrogens is 545 g/mol. The topological polar surface area (TPSA) is 66.6 Å². The van der Waals surface area contributed by atoms with E-state index in [2.05, 4.69) is 29.0 Å². The fourth-order valence-electron chi connectivity index (χ4n) is 6.96. The van der Waals surface area contributed by atoms with Gasteiger partial charge in [-0.05, 0) is 85.4 Å². The van der Waals surface area contributed by atoms with Crippen LogP contribution in [0.1, 0.15) is 62.1 Å². The van der Waals surface area contributed by atoms with Crippen LogP contribution in [-0.2, 0) is 17.5 Å². The van der Waals surface area contributed by atoms with Crippen molar-refractivity contribution in [2.24, 2.45) is 22.1 Å². The van der Waals surface area contributed by atoms with E-state index in [0.717, 1.165) is 54.9 Å². The van der Waals surface area contributed by atoms with E-state index in [1.165, 1.54) is 16.8 Å². The highest BCUT2D eigenvalue weighted by molar-refractivity contribution is 5.58. The van der Waals surface area contributed by atoms with E-state index >= 15 is 0 Å². The van der Waals surface area contributed by atoms with Crippen LogP contribution < -0.4 is 5.69 Å². The molecule has 1 radical (unpaired) electrons. The number of pyridine rings is 1. The number of azo groups is 1. The minimum absolute atomic E-state index is 0.113. The Labute approximate surface area is 243 Å². The Morgan fingerprint density at radius 1 is 1.21 bits per heavy atom. The molecule has 11 heteroatoms. The molecule has 3 aliphatic rings. The standard InChI is InChI=1S/C31H37F3N6O2/c1-20-7-6-10-38(15-20)16-21-11-25(31(32,33)34)26-18-39(29(41)40(26)17-21)24-9-5-8-22(12-24)27(28-36-35-19-37(28)3)23-13-30(2,14-23)42-4/h5,8-9,11-12,17-20,23,27H,6-7,10,13-16H2,1-4H3/q+1/t20-,23?,27-,30?/m0/s1. The maximum Gasteiger partial charge on any atom is 0.418 e. The number of nitrogens with zero attached hydrogens (tertiary/aromatic N) is 6. The average molecular weight is 583 g/mol. The molecule has 1 saturated heterocycles. The van der Waals surface area contributed by atoms with Crippen molar-refractivity contribution in [3.63, 3.8) is 0 Å². The van der Waals surface area contributed by atoms with Gasteiger partial charge in [-0.3, -0.25) is 13.9 Å². The Kier molecular flexibility index (Phi) is 7.37. The van der Waals surface area contributed by atoms with Gasteiger partial charge in [0.1, 0.15) is 0 Å². The number of fused-ring (bicyclic) bond motifs is 1. The molecule has 2 aromatic heterocycles. The van der Waals surface area contributed by atoms with Gasteiger partial charge in [0.2, 0.25) is 0 Å². The highest BCUT2D eigenvalue weighted by Crippen LogP contribution is 2.51. The summed E-state index contributed by atoms with van der Waals surface area (Å²) in [7, 11) is 3.61. The first kappa shape index (κ1) is 28.8. The van der Waals surface area contributed by atoms with Crippen molar-refractivity contribution in [2.45, 2.75) is 63.8 Å². The summed E-state index contributed by atoms with van der Waals surface area (Å²) in [6.45, 7) is 6.28. The second-order valence-corrected chi connectivity index (χ2v) is 12.5. The number of likely N-dealkylation sites (tertiary alicyclic amines) is 1. The number of rotatable bonds is 7. The molecule has 1 aliphatic carbocycles. The van der Waals surface area contributed by atoms with Crippen molar-refractivity contribution >= 4 is 11.9 Å². The Bertz CT molecular complexity index is 1600.